The summed E-state index contributed by atoms with van der Waals surface area (Å²) in [5, 5.41) is 14.3. The van der Waals surface area contributed by atoms with Crippen molar-refractivity contribution in [2.24, 2.45) is 0 Å². The predicted molar refractivity (Wildman–Crippen MR) is 130 cm³/mol. The maximum absolute atomic E-state index is 12.5. The van der Waals surface area contributed by atoms with Crippen molar-refractivity contribution in [2.45, 2.75) is 78.6 Å². The van der Waals surface area contributed by atoms with Gasteiger partial charge in [0.05, 0.1) is 11.6 Å². The molecule has 7 heteroatoms. The second kappa shape index (κ2) is 10.3. The Morgan fingerprint density at radius 3 is 2.39 bits per heavy atom. The number of amides is 1. The van der Waals surface area contributed by atoms with Gasteiger partial charge in [-0.3, -0.25) is 0 Å². The second-order valence-electron chi connectivity index (χ2n) is 9.39. The normalized spacial score (nSPS) is 17.4. The van der Waals surface area contributed by atoms with Gasteiger partial charge in [0.2, 0.25) is 0 Å². The molecule has 1 fully saturated rings. The molecule has 7 nitrogen and oxygen atoms in total. The maximum atomic E-state index is 12.5. The van der Waals surface area contributed by atoms with Crippen molar-refractivity contribution in [3.05, 3.63) is 54.0 Å². The van der Waals surface area contributed by atoms with Gasteiger partial charge in [-0.1, -0.05) is 44.5 Å². The van der Waals surface area contributed by atoms with Crippen LogP contribution < -0.4 is 0 Å². The number of aliphatic hydroxyl groups is 1. The highest BCUT2D eigenvalue weighted by Crippen LogP contribution is 2.29. The van der Waals surface area contributed by atoms with Crippen LogP contribution in [0.4, 0.5) is 4.79 Å². The molecule has 1 amide bonds. The Labute approximate surface area is 196 Å². The van der Waals surface area contributed by atoms with Crippen molar-refractivity contribution >= 4 is 11.7 Å². The van der Waals surface area contributed by atoms with Crippen molar-refractivity contribution in [3.8, 4) is 11.1 Å². The number of fused-ring (bicyclic) bond motifs is 1. The first-order valence-electron chi connectivity index (χ1n) is 11.7. The van der Waals surface area contributed by atoms with Crippen LogP contribution in [0.15, 0.2) is 42.6 Å². The molecular formula is C26H36N4O3. The minimum atomic E-state index is -0.845. The van der Waals surface area contributed by atoms with E-state index >= 15 is 0 Å². The van der Waals surface area contributed by atoms with E-state index < -0.39 is 5.60 Å². The van der Waals surface area contributed by atoms with Gasteiger partial charge in [-0.2, -0.15) is 5.10 Å². The number of rotatable bonds is 5. The summed E-state index contributed by atoms with van der Waals surface area (Å²) in [5.41, 5.74) is 3.16. The number of benzene rings is 1. The zero-order chi connectivity index (χ0) is 24.2. The number of pyridine rings is 1. The van der Waals surface area contributed by atoms with Crippen LogP contribution in [0.2, 0.25) is 0 Å². The molecule has 1 aliphatic heterocycles. The smallest absolute Gasteiger partial charge is 0.410 e. The van der Waals surface area contributed by atoms with Crippen molar-refractivity contribution < 1.29 is 14.6 Å². The van der Waals surface area contributed by atoms with Crippen LogP contribution >= 0.6 is 0 Å². The summed E-state index contributed by atoms with van der Waals surface area (Å²) < 4.78 is 7.35. The molecule has 1 aromatic carbocycles. The Kier molecular flexibility index (Phi) is 7.74. The molecule has 0 spiro atoms. The minimum Gasteiger partial charge on any atom is -0.446 e. The summed E-state index contributed by atoms with van der Waals surface area (Å²) in [6.45, 7) is 12.2. The fourth-order valence-corrected chi connectivity index (χ4v) is 4.00. The van der Waals surface area contributed by atoms with Crippen LogP contribution in [-0.2, 0) is 4.74 Å². The Hall–Kier alpha value is -2.93. The van der Waals surface area contributed by atoms with Crippen LogP contribution in [0.5, 0.6) is 0 Å². The van der Waals surface area contributed by atoms with Crippen LogP contribution in [0.25, 0.3) is 16.8 Å². The van der Waals surface area contributed by atoms with Gasteiger partial charge in [0, 0.05) is 31.1 Å². The van der Waals surface area contributed by atoms with Gasteiger partial charge < -0.3 is 14.7 Å². The van der Waals surface area contributed by atoms with E-state index in [0.717, 1.165) is 34.6 Å². The molecule has 2 aromatic heterocycles. The zero-order valence-electron chi connectivity index (χ0n) is 20.6. The molecule has 1 aliphatic rings. The fraction of sp³-hybridized carbons (Fsp3) is 0.500. The summed E-state index contributed by atoms with van der Waals surface area (Å²) in [5.74, 6) is 0.745. The highest BCUT2D eigenvalue weighted by Gasteiger charge is 2.33. The van der Waals surface area contributed by atoms with E-state index in [1.807, 2.05) is 44.3 Å². The number of aromatic nitrogens is 3. The number of aryl methyl sites for hydroxylation is 1. The zero-order valence-corrected chi connectivity index (χ0v) is 20.6. The molecule has 4 rings (SSSR count). The van der Waals surface area contributed by atoms with Gasteiger partial charge in [0.15, 0.2) is 5.65 Å². The molecule has 0 aliphatic carbocycles. The van der Waals surface area contributed by atoms with Crippen molar-refractivity contribution in [1.82, 2.24) is 19.5 Å². The average molecular weight is 453 g/mol. The summed E-state index contributed by atoms with van der Waals surface area (Å²) in [6, 6.07) is 12.1. The SMILES string of the molecule is CCC.Cc1nc2ccc(-c3ccc(C(C)N4CCC(CC(C)(C)O)OC4=O)cc3)cn2n1. The van der Waals surface area contributed by atoms with Gasteiger partial charge in [-0.05, 0) is 51.0 Å². The lowest BCUT2D eigenvalue weighted by Gasteiger charge is -2.37. The number of cyclic esters (lactones) is 1. The van der Waals surface area contributed by atoms with Gasteiger partial charge in [-0.25, -0.2) is 14.3 Å². The van der Waals surface area contributed by atoms with E-state index in [0.29, 0.717) is 13.0 Å². The third-order valence-electron chi connectivity index (χ3n) is 5.55. The molecule has 2 unspecified atom stereocenters. The van der Waals surface area contributed by atoms with E-state index in [1.54, 1.807) is 23.3 Å². The van der Waals surface area contributed by atoms with E-state index in [2.05, 4.69) is 36.1 Å². The topological polar surface area (TPSA) is 80.0 Å². The third-order valence-corrected chi connectivity index (χ3v) is 5.55. The first-order chi connectivity index (χ1) is 15.6. The molecule has 0 bridgehead atoms. The third kappa shape index (κ3) is 6.32. The van der Waals surface area contributed by atoms with Crippen molar-refractivity contribution in [2.75, 3.05) is 6.54 Å². The molecular weight excluding hydrogens is 416 g/mol. The Bertz CT molecular complexity index is 1070. The van der Waals surface area contributed by atoms with Gasteiger partial charge >= 0.3 is 6.09 Å². The van der Waals surface area contributed by atoms with Gasteiger partial charge in [0.1, 0.15) is 11.9 Å². The number of hydrogen-bond acceptors (Lipinski definition) is 5. The van der Waals surface area contributed by atoms with Crippen LogP contribution in [0, 0.1) is 6.92 Å². The first-order valence-corrected chi connectivity index (χ1v) is 11.7. The Morgan fingerprint density at radius 1 is 1.15 bits per heavy atom. The van der Waals surface area contributed by atoms with Crippen molar-refractivity contribution in [3.63, 3.8) is 0 Å². The Morgan fingerprint density at radius 2 is 1.79 bits per heavy atom. The number of carbonyl (C=O) groups is 1. The molecule has 0 saturated carbocycles. The Balaban J connectivity index is 0.000000968. The average Bonchev–Trinajstić information content (AvgIpc) is 3.12. The van der Waals surface area contributed by atoms with Crippen LogP contribution in [-0.4, -0.2) is 48.9 Å². The fourth-order valence-electron chi connectivity index (χ4n) is 4.00. The maximum Gasteiger partial charge on any atom is 0.410 e. The van der Waals surface area contributed by atoms with E-state index in [9.17, 15) is 9.90 Å². The molecule has 0 radical (unpaired) electrons. The second-order valence-corrected chi connectivity index (χ2v) is 9.39. The lowest BCUT2D eigenvalue weighted by atomic mass is 9.97. The highest BCUT2D eigenvalue weighted by atomic mass is 16.6. The summed E-state index contributed by atoms with van der Waals surface area (Å²) in [6.07, 6.45) is 3.83. The van der Waals surface area contributed by atoms with Gasteiger partial charge in [-0.15, -0.1) is 0 Å². The van der Waals surface area contributed by atoms with E-state index in [1.165, 1.54) is 6.42 Å². The molecule has 33 heavy (non-hydrogen) atoms. The lowest BCUT2D eigenvalue weighted by Crippen LogP contribution is -2.45. The molecule has 3 aromatic rings. The lowest BCUT2D eigenvalue weighted by molar-refractivity contribution is -0.0309. The standard InChI is InChI=1S/C23H28N4O3.C3H8/c1-15(26-12-11-20(30-22(26)28)13-23(3,4)29)17-5-7-18(8-6-17)19-9-10-21-24-16(2)25-27(21)14-19;1-3-2/h5-10,14-15,20,29H,11-13H2,1-4H3;3H2,1-2H3. The van der Waals surface area contributed by atoms with Gasteiger partial charge in [0.25, 0.3) is 0 Å². The van der Waals surface area contributed by atoms with Crippen LogP contribution in [0.1, 0.15) is 71.3 Å². The molecule has 1 saturated heterocycles. The van der Waals surface area contributed by atoms with Crippen LogP contribution in [0.3, 0.4) is 0 Å². The number of ether oxygens (including phenoxy) is 1. The molecule has 178 valence electrons. The first kappa shape index (κ1) is 24.7. The van der Waals surface area contributed by atoms with E-state index in [4.69, 9.17) is 4.74 Å². The monoisotopic (exact) mass is 452 g/mol. The largest absolute Gasteiger partial charge is 0.446 e. The molecule has 3 heterocycles. The minimum absolute atomic E-state index is 0.0879. The molecule has 2 atom stereocenters. The van der Waals surface area contributed by atoms with Crippen molar-refractivity contribution in [1.29, 1.82) is 0 Å². The number of nitrogens with zero attached hydrogens (tertiary/aromatic N) is 4. The summed E-state index contributed by atoms with van der Waals surface area (Å²) in [4.78, 5) is 18.6. The quantitative estimate of drug-likeness (QED) is 0.549. The summed E-state index contributed by atoms with van der Waals surface area (Å²) in [7, 11) is 0. The number of carbonyl (C=O) groups excluding carboxylic acids is 1. The summed E-state index contributed by atoms with van der Waals surface area (Å²) >= 11 is 0. The highest BCUT2D eigenvalue weighted by molar-refractivity contribution is 5.69. The molecule has 1 N–H and O–H groups in total. The van der Waals surface area contributed by atoms with E-state index in [-0.39, 0.29) is 18.2 Å². The number of hydrogen-bond donors (Lipinski definition) is 1. The predicted octanol–water partition coefficient (Wildman–Crippen LogP) is 5.55.